The highest BCUT2D eigenvalue weighted by molar-refractivity contribution is 5.96. The Morgan fingerprint density at radius 1 is 1.23 bits per heavy atom. The van der Waals surface area contributed by atoms with Gasteiger partial charge in [-0.25, -0.2) is 4.79 Å². The van der Waals surface area contributed by atoms with Crippen LogP contribution in [0.25, 0.3) is 0 Å². The Kier molecular flexibility index (Phi) is 6.45. The van der Waals surface area contributed by atoms with Gasteiger partial charge in [-0.2, -0.15) is 0 Å². The Balaban J connectivity index is 2.12. The van der Waals surface area contributed by atoms with E-state index in [2.05, 4.69) is 22.5 Å². The van der Waals surface area contributed by atoms with E-state index in [1.165, 1.54) is 18.3 Å². The summed E-state index contributed by atoms with van der Waals surface area (Å²) < 4.78 is 5.31. The molecule has 1 aromatic heterocycles. The molecular weight excluding hydrogens is 334 g/mol. The summed E-state index contributed by atoms with van der Waals surface area (Å²) in [5.74, 6) is 0.621. The molecule has 144 valence electrons. The molecule has 1 saturated carbocycles. The van der Waals surface area contributed by atoms with Crippen molar-refractivity contribution in [3.05, 3.63) is 28.6 Å². The lowest BCUT2D eigenvalue weighted by atomic mass is 9.79. The van der Waals surface area contributed by atoms with Crippen LogP contribution in [0.2, 0.25) is 0 Å². The Bertz CT molecular complexity index is 685. The van der Waals surface area contributed by atoms with Crippen LogP contribution in [0.4, 0.5) is 10.6 Å². The number of carbonyl (C=O) groups is 2. The molecule has 1 aliphatic rings. The van der Waals surface area contributed by atoms with E-state index in [0.29, 0.717) is 11.7 Å². The minimum Gasteiger partial charge on any atom is -0.444 e. The van der Waals surface area contributed by atoms with Gasteiger partial charge in [0.2, 0.25) is 5.91 Å². The fraction of sp³-hybridized carbons (Fsp3) is 0.632. The number of hydrogen-bond donors (Lipinski definition) is 3. The van der Waals surface area contributed by atoms with Gasteiger partial charge in [-0.05, 0) is 45.4 Å². The van der Waals surface area contributed by atoms with Crippen molar-refractivity contribution in [2.75, 3.05) is 5.32 Å². The average molecular weight is 363 g/mol. The van der Waals surface area contributed by atoms with E-state index in [1.54, 1.807) is 20.8 Å². The first-order chi connectivity index (χ1) is 12.1. The van der Waals surface area contributed by atoms with Crippen LogP contribution >= 0.6 is 0 Å². The van der Waals surface area contributed by atoms with E-state index in [1.807, 2.05) is 0 Å². The molecule has 1 heterocycles. The summed E-state index contributed by atoms with van der Waals surface area (Å²) in [5.41, 5.74) is -0.848. The highest BCUT2D eigenvalue weighted by Gasteiger charge is 2.33. The normalized spacial score (nSPS) is 21.5. The topological polar surface area (TPSA) is 100 Å². The molecule has 0 bridgehead atoms. The second-order valence-corrected chi connectivity index (χ2v) is 8.07. The summed E-state index contributed by atoms with van der Waals surface area (Å²) in [6.07, 6.45) is 4.62. The lowest BCUT2D eigenvalue weighted by Crippen LogP contribution is -2.50. The van der Waals surface area contributed by atoms with Gasteiger partial charge in [-0.15, -0.1) is 0 Å². The van der Waals surface area contributed by atoms with Crippen LogP contribution in [0.15, 0.2) is 23.1 Å². The quantitative estimate of drug-likeness (QED) is 0.765. The molecule has 0 aromatic carbocycles. The number of hydrogen-bond acceptors (Lipinski definition) is 4. The zero-order chi connectivity index (χ0) is 19.3. The number of pyridine rings is 1. The Labute approximate surface area is 153 Å². The maximum Gasteiger partial charge on any atom is 0.408 e. The van der Waals surface area contributed by atoms with E-state index in [-0.39, 0.29) is 17.3 Å². The summed E-state index contributed by atoms with van der Waals surface area (Å²) in [4.78, 5) is 39.3. The predicted octanol–water partition coefficient (Wildman–Crippen LogP) is 3.03. The number of aromatic amines is 1. The van der Waals surface area contributed by atoms with Gasteiger partial charge in [0, 0.05) is 18.3 Å². The number of alkyl carbamates (subject to hydrolysis) is 1. The van der Waals surface area contributed by atoms with Gasteiger partial charge in [0.1, 0.15) is 17.5 Å². The maximum absolute atomic E-state index is 12.8. The number of anilines is 1. The Hall–Kier alpha value is -2.31. The van der Waals surface area contributed by atoms with E-state index >= 15 is 0 Å². The molecule has 26 heavy (non-hydrogen) atoms. The number of aromatic nitrogens is 1. The van der Waals surface area contributed by atoms with Crippen LogP contribution in [-0.4, -0.2) is 28.6 Å². The number of H-pyrrole nitrogens is 1. The van der Waals surface area contributed by atoms with Crippen LogP contribution in [0.3, 0.4) is 0 Å². The van der Waals surface area contributed by atoms with Crippen molar-refractivity contribution in [1.82, 2.24) is 10.3 Å². The maximum atomic E-state index is 12.8. The predicted molar refractivity (Wildman–Crippen MR) is 100.0 cm³/mol. The second-order valence-electron chi connectivity index (χ2n) is 8.07. The van der Waals surface area contributed by atoms with Gasteiger partial charge < -0.3 is 20.4 Å². The number of amides is 2. The first kappa shape index (κ1) is 20.0. The lowest BCUT2D eigenvalue weighted by molar-refractivity contribution is -0.119. The third-order valence-corrected chi connectivity index (χ3v) is 4.52. The minimum atomic E-state index is -0.707. The van der Waals surface area contributed by atoms with Gasteiger partial charge in [-0.1, -0.05) is 19.8 Å². The molecule has 2 amide bonds. The molecule has 1 aromatic rings. The highest BCUT2D eigenvalue weighted by Crippen LogP contribution is 2.31. The monoisotopic (exact) mass is 363 g/mol. The molecule has 7 heteroatoms. The summed E-state index contributed by atoms with van der Waals surface area (Å²) in [7, 11) is 0. The van der Waals surface area contributed by atoms with Crippen LogP contribution in [-0.2, 0) is 9.53 Å². The van der Waals surface area contributed by atoms with Gasteiger partial charge in [0.05, 0.1) is 0 Å². The number of carbonyl (C=O) groups excluding carboxylic acids is 2. The fourth-order valence-electron chi connectivity index (χ4n) is 3.18. The fourth-order valence-corrected chi connectivity index (χ4v) is 3.18. The molecule has 0 aliphatic heterocycles. The van der Waals surface area contributed by atoms with Crippen molar-refractivity contribution >= 4 is 17.8 Å². The van der Waals surface area contributed by atoms with E-state index in [9.17, 15) is 14.4 Å². The molecule has 3 N–H and O–H groups in total. The lowest BCUT2D eigenvalue weighted by Gasteiger charge is -2.32. The van der Waals surface area contributed by atoms with Gasteiger partial charge in [0.25, 0.3) is 0 Å². The largest absolute Gasteiger partial charge is 0.444 e. The Morgan fingerprint density at radius 2 is 1.88 bits per heavy atom. The average Bonchev–Trinajstić information content (AvgIpc) is 2.52. The zero-order valence-corrected chi connectivity index (χ0v) is 15.9. The van der Waals surface area contributed by atoms with Crippen molar-refractivity contribution in [2.45, 2.75) is 65.0 Å². The Morgan fingerprint density at radius 3 is 2.46 bits per heavy atom. The molecule has 0 radical (unpaired) electrons. The van der Waals surface area contributed by atoms with Gasteiger partial charge >= 0.3 is 6.09 Å². The van der Waals surface area contributed by atoms with Crippen molar-refractivity contribution in [1.29, 1.82) is 0 Å². The van der Waals surface area contributed by atoms with Crippen LogP contribution < -0.4 is 16.1 Å². The van der Waals surface area contributed by atoms with Crippen molar-refractivity contribution < 1.29 is 14.3 Å². The van der Waals surface area contributed by atoms with Gasteiger partial charge in [-0.3, -0.25) is 9.59 Å². The van der Waals surface area contributed by atoms with Crippen LogP contribution in [0.1, 0.15) is 53.4 Å². The van der Waals surface area contributed by atoms with Crippen LogP contribution in [0.5, 0.6) is 0 Å². The summed E-state index contributed by atoms with van der Waals surface area (Å²) in [6, 6.07) is 1.97. The summed E-state index contributed by atoms with van der Waals surface area (Å²) in [6.45, 7) is 7.53. The summed E-state index contributed by atoms with van der Waals surface area (Å²) in [5, 5.41) is 5.42. The molecule has 1 aliphatic carbocycles. The molecule has 0 spiro atoms. The van der Waals surface area contributed by atoms with E-state index in [4.69, 9.17) is 4.74 Å². The molecule has 1 fully saturated rings. The van der Waals surface area contributed by atoms with Gasteiger partial charge in [0.15, 0.2) is 5.43 Å². The minimum absolute atomic E-state index is 0.0363. The number of rotatable bonds is 4. The zero-order valence-electron chi connectivity index (χ0n) is 15.9. The molecule has 1 atom stereocenters. The molecule has 7 nitrogen and oxygen atoms in total. The first-order valence-electron chi connectivity index (χ1n) is 9.13. The van der Waals surface area contributed by atoms with E-state index < -0.39 is 17.7 Å². The highest BCUT2D eigenvalue weighted by atomic mass is 16.6. The third-order valence-electron chi connectivity index (χ3n) is 4.52. The number of ether oxygens (including phenoxy) is 1. The third kappa shape index (κ3) is 6.20. The molecular formula is C19H29N3O4. The van der Waals surface area contributed by atoms with Crippen molar-refractivity contribution in [2.24, 2.45) is 11.8 Å². The molecule has 1 unspecified atom stereocenters. The molecule has 0 saturated heterocycles. The van der Waals surface area contributed by atoms with Crippen molar-refractivity contribution in [3.63, 3.8) is 0 Å². The van der Waals surface area contributed by atoms with Crippen LogP contribution in [0, 0.1) is 11.8 Å². The smallest absolute Gasteiger partial charge is 0.408 e. The van der Waals surface area contributed by atoms with Crippen molar-refractivity contribution in [3.8, 4) is 0 Å². The molecule has 2 rings (SSSR count). The standard InChI is InChI=1S/C19H29N3O4/c1-12-5-7-13(8-6-12)16(22-18(25)26-19(2,3)4)17(24)21-15-11-14(23)9-10-20-15/h9-13,16H,5-8H2,1-4H3,(H,22,25)(H2,20,21,23,24). The second kappa shape index (κ2) is 8.38. The first-order valence-corrected chi connectivity index (χ1v) is 9.13. The SMILES string of the molecule is CC1CCC(C(NC(=O)OC(C)(C)C)C(=O)Nc2cc(=O)cc[nH]2)CC1. The summed E-state index contributed by atoms with van der Waals surface area (Å²) >= 11 is 0. The number of nitrogens with one attached hydrogen (secondary N) is 3. The van der Waals surface area contributed by atoms with E-state index in [0.717, 1.165) is 25.7 Å².